The lowest BCUT2D eigenvalue weighted by Gasteiger charge is -2.14. The van der Waals surface area contributed by atoms with Gasteiger partial charge < -0.3 is 9.64 Å². The summed E-state index contributed by atoms with van der Waals surface area (Å²) in [6.07, 6.45) is 3.74. The van der Waals surface area contributed by atoms with Crippen molar-refractivity contribution in [2.75, 3.05) is 20.2 Å². The Kier molecular flexibility index (Phi) is 6.95. The number of benzene rings is 1. The molecule has 144 valence electrons. The average molecular weight is 411 g/mol. The van der Waals surface area contributed by atoms with Crippen molar-refractivity contribution < 1.29 is 18.3 Å². The Balaban J connectivity index is 1.60. The van der Waals surface area contributed by atoms with Gasteiger partial charge in [-0.2, -0.15) is 8.78 Å². The highest BCUT2D eigenvalue weighted by Crippen LogP contribution is 2.35. The summed E-state index contributed by atoms with van der Waals surface area (Å²) in [6, 6.07) is 8.87. The number of hydrogen-bond acceptors (Lipinski definition) is 5. The number of carbonyl (C=O) groups is 1. The molecule has 0 atom stereocenters. The number of methoxy groups -OCH3 is 1. The van der Waals surface area contributed by atoms with Gasteiger partial charge in [-0.25, -0.2) is 4.98 Å². The van der Waals surface area contributed by atoms with Crippen LogP contribution in [0.1, 0.15) is 28.8 Å². The standard InChI is InChI=1S/C19H20F2N2O2S2/c1-25-15-10-13(4-6-16(15)27-19(20)21)12-26-17-7-5-14(11-22-17)18(24)23-8-2-3-9-23/h4-7,10-11,19H,2-3,8-9,12H2,1H3. The molecule has 1 aliphatic rings. The van der Waals surface area contributed by atoms with Gasteiger partial charge >= 0.3 is 0 Å². The molecule has 1 saturated heterocycles. The minimum atomic E-state index is -2.48. The molecule has 0 saturated carbocycles. The number of likely N-dealkylation sites (tertiary alicyclic amines) is 1. The Labute approximate surface area is 165 Å². The normalized spacial score (nSPS) is 14.0. The number of rotatable bonds is 7. The Bertz CT molecular complexity index is 782. The highest BCUT2D eigenvalue weighted by atomic mass is 32.2. The summed E-state index contributed by atoms with van der Waals surface area (Å²) in [5, 5.41) is 0.804. The summed E-state index contributed by atoms with van der Waals surface area (Å²) in [6.45, 7) is 1.63. The van der Waals surface area contributed by atoms with Crippen LogP contribution < -0.4 is 4.74 Å². The molecule has 1 aliphatic heterocycles. The Hall–Kier alpha value is -1.80. The fourth-order valence-corrected chi connectivity index (χ4v) is 4.23. The second kappa shape index (κ2) is 9.41. The summed E-state index contributed by atoms with van der Waals surface area (Å²) < 4.78 is 30.3. The molecule has 0 N–H and O–H groups in total. The molecule has 8 heteroatoms. The minimum Gasteiger partial charge on any atom is -0.496 e. The number of pyridine rings is 1. The Morgan fingerprint density at radius 3 is 2.67 bits per heavy atom. The van der Waals surface area contributed by atoms with E-state index in [-0.39, 0.29) is 5.91 Å². The number of ether oxygens (including phenoxy) is 1. The fourth-order valence-electron chi connectivity index (χ4n) is 2.85. The van der Waals surface area contributed by atoms with Crippen molar-refractivity contribution in [1.82, 2.24) is 9.88 Å². The molecule has 1 aromatic heterocycles. The van der Waals surface area contributed by atoms with Crippen LogP contribution in [0.2, 0.25) is 0 Å². The summed E-state index contributed by atoms with van der Waals surface area (Å²) in [4.78, 5) is 19.0. The molecule has 27 heavy (non-hydrogen) atoms. The smallest absolute Gasteiger partial charge is 0.289 e. The maximum atomic E-state index is 12.6. The first-order valence-electron chi connectivity index (χ1n) is 8.56. The van der Waals surface area contributed by atoms with Crippen LogP contribution in [0.3, 0.4) is 0 Å². The van der Waals surface area contributed by atoms with E-state index in [1.54, 1.807) is 24.4 Å². The van der Waals surface area contributed by atoms with E-state index in [0.717, 1.165) is 36.5 Å². The highest BCUT2D eigenvalue weighted by molar-refractivity contribution is 7.99. The monoisotopic (exact) mass is 410 g/mol. The number of aromatic nitrogens is 1. The molecular weight excluding hydrogens is 390 g/mol. The highest BCUT2D eigenvalue weighted by Gasteiger charge is 2.19. The SMILES string of the molecule is COc1cc(CSc2ccc(C(=O)N3CCCC3)cn2)ccc1SC(F)F. The second-order valence-electron chi connectivity index (χ2n) is 6.04. The molecular formula is C19H20F2N2O2S2. The van der Waals surface area contributed by atoms with Gasteiger partial charge in [0.15, 0.2) is 0 Å². The van der Waals surface area contributed by atoms with Crippen LogP contribution in [-0.4, -0.2) is 41.7 Å². The van der Waals surface area contributed by atoms with Gasteiger partial charge in [0, 0.05) is 25.0 Å². The molecule has 0 bridgehead atoms. The lowest BCUT2D eigenvalue weighted by molar-refractivity contribution is 0.0792. The third-order valence-corrected chi connectivity index (χ3v) is 5.99. The summed E-state index contributed by atoms with van der Waals surface area (Å²) >= 11 is 1.99. The minimum absolute atomic E-state index is 0.0356. The van der Waals surface area contributed by atoms with Gasteiger partial charge in [0.25, 0.3) is 11.7 Å². The lowest BCUT2D eigenvalue weighted by Crippen LogP contribution is -2.27. The molecule has 1 amide bonds. The van der Waals surface area contributed by atoms with E-state index in [9.17, 15) is 13.6 Å². The van der Waals surface area contributed by atoms with Crippen molar-refractivity contribution in [1.29, 1.82) is 0 Å². The first-order chi connectivity index (χ1) is 13.1. The summed E-state index contributed by atoms with van der Waals surface area (Å²) in [7, 11) is 1.47. The molecule has 3 rings (SSSR count). The quantitative estimate of drug-likeness (QED) is 0.605. The van der Waals surface area contributed by atoms with Crippen LogP contribution in [0, 0.1) is 0 Å². The molecule has 2 heterocycles. The molecule has 2 aromatic rings. The van der Waals surface area contributed by atoms with Crippen molar-refractivity contribution in [2.24, 2.45) is 0 Å². The van der Waals surface area contributed by atoms with Gasteiger partial charge in [-0.15, -0.1) is 11.8 Å². The largest absolute Gasteiger partial charge is 0.496 e. The number of alkyl halides is 2. The van der Waals surface area contributed by atoms with Gasteiger partial charge in [-0.05, 0) is 42.7 Å². The summed E-state index contributed by atoms with van der Waals surface area (Å²) in [5.41, 5.74) is 1.56. The van der Waals surface area contributed by atoms with Gasteiger partial charge in [0.05, 0.1) is 22.6 Å². The molecule has 1 aromatic carbocycles. The van der Waals surface area contributed by atoms with E-state index in [2.05, 4.69) is 4.98 Å². The zero-order valence-corrected chi connectivity index (χ0v) is 16.5. The van der Waals surface area contributed by atoms with Gasteiger partial charge in [-0.3, -0.25) is 4.79 Å². The van der Waals surface area contributed by atoms with Crippen LogP contribution in [0.15, 0.2) is 46.5 Å². The predicted octanol–water partition coefficient (Wildman–Crippen LogP) is 4.93. The van der Waals surface area contributed by atoms with Crippen molar-refractivity contribution in [2.45, 2.75) is 34.3 Å². The topological polar surface area (TPSA) is 42.4 Å². The van der Waals surface area contributed by atoms with Crippen molar-refractivity contribution >= 4 is 29.4 Å². The van der Waals surface area contributed by atoms with Crippen LogP contribution >= 0.6 is 23.5 Å². The van der Waals surface area contributed by atoms with Gasteiger partial charge in [-0.1, -0.05) is 17.8 Å². The van der Waals surface area contributed by atoms with Gasteiger partial charge in [0.2, 0.25) is 0 Å². The van der Waals surface area contributed by atoms with Crippen LogP contribution in [0.4, 0.5) is 8.78 Å². The molecule has 0 radical (unpaired) electrons. The molecule has 4 nitrogen and oxygen atoms in total. The number of halogens is 2. The van der Waals surface area contributed by atoms with E-state index in [1.807, 2.05) is 17.0 Å². The maximum absolute atomic E-state index is 12.6. The zero-order chi connectivity index (χ0) is 19.2. The van der Waals surface area contributed by atoms with Crippen molar-refractivity contribution in [3.05, 3.63) is 47.7 Å². The van der Waals surface area contributed by atoms with E-state index in [0.29, 0.717) is 33.7 Å². The predicted molar refractivity (Wildman–Crippen MR) is 104 cm³/mol. The number of hydrogen-bond donors (Lipinski definition) is 0. The van der Waals surface area contributed by atoms with Crippen LogP contribution in [0.25, 0.3) is 0 Å². The molecule has 1 fully saturated rings. The summed E-state index contributed by atoms with van der Waals surface area (Å²) in [5.74, 6) is -1.38. The zero-order valence-electron chi connectivity index (χ0n) is 14.9. The maximum Gasteiger partial charge on any atom is 0.289 e. The molecule has 0 aliphatic carbocycles. The number of nitrogens with zero attached hydrogens (tertiary/aromatic N) is 2. The number of amides is 1. The van der Waals surface area contributed by atoms with E-state index >= 15 is 0 Å². The third kappa shape index (κ3) is 5.35. The number of carbonyl (C=O) groups excluding carboxylic acids is 1. The Morgan fingerprint density at radius 1 is 1.26 bits per heavy atom. The van der Waals surface area contributed by atoms with E-state index in [1.165, 1.54) is 18.9 Å². The van der Waals surface area contributed by atoms with E-state index in [4.69, 9.17) is 4.74 Å². The molecule has 0 spiro atoms. The first-order valence-corrected chi connectivity index (χ1v) is 10.4. The second-order valence-corrected chi connectivity index (χ2v) is 8.06. The van der Waals surface area contributed by atoms with Crippen molar-refractivity contribution in [3.63, 3.8) is 0 Å². The Morgan fingerprint density at radius 2 is 2.04 bits per heavy atom. The number of thioether (sulfide) groups is 2. The van der Waals surface area contributed by atoms with Crippen LogP contribution in [0.5, 0.6) is 5.75 Å². The first kappa shape index (κ1) is 19.9. The fraction of sp³-hybridized carbons (Fsp3) is 0.368. The van der Waals surface area contributed by atoms with Crippen LogP contribution in [-0.2, 0) is 5.75 Å². The van der Waals surface area contributed by atoms with E-state index < -0.39 is 5.76 Å². The third-order valence-electron chi connectivity index (χ3n) is 4.21. The lowest BCUT2D eigenvalue weighted by atomic mass is 10.2. The van der Waals surface area contributed by atoms with Crippen molar-refractivity contribution in [3.8, 4) is 5.75 Å². The van der Waals surface area contributed by atoms with Gasteiger partial charge in [0.1, 0.15) is 5.75 Å². The average Bonchev–Trinajstić information content (AvgIpc) is 3.21. The molecule has 0 unspecified atom stereocenters.